The van der Waals surface area contributed by atoms with Crippen molar-refractivity contribution in [1.29, 1.82) is 0 Å². The second kappa shape index (κ2) is 4.61. The van der Waals surface area contributed by atoms with Gasteiger partial charge >= 0.3 is 0 Å². The lowest BCUT2D eigenvalue weighted by Gasteiger charge is -2.40. The van der Waals surface area contributed by atoms with Gasteiger partial charge in [0, 0.05) is 19.1 Å². The Hall–Kier alpha value is -1.15. The van der Waals surface area contributed by atoms with E-state index in [4.69, 9.17) is 4.74 Å². The third kappa shape index (κ3) is 2.42. The molecule has 0 heterocycles. The molecule has 1 aliphatic rings. The number of rotatable bonds is 4. The van der Waals surface area contributed by atoms with Crippen molar-refractivity contribution < 1.29 is 9.53 Å². The number of aryl methyl sites for hydroxylation is 2. The maximum Gasteiger partial charge on any atom is 0.166 e. The fourth-order valence-corrected chi connectivity index (χ4v) is 2.54. The van der Waals surface area contributed by atoms with Gasteiger partial charge in [-0.3, -0.25) is 4.79 Å². The first-order valence-electron chi connectivity index (χ1n) is 6.22. The predicted molar refractivity (Wildman–Crippen MR) is 68.5 cm³/mol. The van der Waals surface area contributed by atoms with Crippen LogP contribution in [0.3, 0.4) is 0 Å². The molecule has 0 spiro atoms. The van der Waals surface area contributed by atoms with E-state index < -0.39 is 0 Å². The molecule has 1 aliphatic carbocycles. The van der Waals surface area contributed by atoms with Gasteiger partial charge in [0.2, 0.25) is 0 Å². The Morgan fingerprint density at radius 1 is 1.35 bits per heavy atom. The third-order valence-corrected chi connectivity index (χ3v) is 3.86. The lowest BCUT2D eigenvalue weighted by atomic mass is 9.75. The maximum atomic E-state index is 12.3. The van der Waals surface area contributed by atoms with E-state index in [1.165, 1.54) is 12.0 Å². The van der Waals surface area contributed by atoms with Gasteiger partial charge in [0.15, 0.2) is 5.78 Å². The fourth-order valence-electron chi connectivity index (χ4n) is 2.54. The first-order valence-corrected chi connectivity index (χ1v) is 6.22. The summed E-state index contributed by atoms with van der Waals surface area (Å²) >= 11 is 0. The highest BCUT2D eigenvalue weighted by atomic mass is 16.5. The van der Waals surface area contributed by atoms with Gasteiger partial charge in [-0.25, -0.2) is 0 Å². The highest BCUT2D eigenvalue weighted by Crippen LogP contribution is 2.39. The van der Waals surface area contributed by atoms with Crippen molar-refractivity contribution in [2.45, 2.75) is 45.1 Å². The topological polar surface area (TPSA) is 26.3 Å². The lowest BCUT2D eigenvalue weighted by molar-refractivity contribution is -0.0704. The molecule has 2 rings (SSSR count). The molecule has 1 aromatic carbocycles. The Balaban J connectivity index is 2.14. The van der Waals surface area contributed by atoms with Crippen LogP contribution in [0.2, 0.25) is 0 Å². The van der Waals surface area contributed by atoms with E-state index in [9.17, 15) is 4.79 Å². The molecule has 0 aromatic heterocycles. The Morgan fingerprint density at radius 2 is 2.06 bits per heavy atom. The standard InChI is InChI=1S/C15H20O2/c1-11-5-6-13(12(2)9-11)14(16)10-15(17-3)7-4-8-15/h5-6,9H,4,7-8,10H2,1-3H3. The molecule has 0 N–H and O–H groups in total. The summed E-state index contributed by atoms with van der Waals surface area (Å²) in [5.41, 5.74) is 2.94. The molecule has 0 saturated heterocycles. The smallest absolute Gasteiger partial charge is 0.166 e. The summed E-state index contributed by atoms with van der Waals surface area (Å²) in [4.78, 5) is 12.3. The van der Waals surface area contributed by atoms with E-state index in [-0.39, 0.29) is 11.4 Å². The summed E-state index contributed by atoms with van der Waals surface area (Å²) < 4.78 is 5.51. The van der Waals surface area contributed by atoms with Gasteiger partial charge in [0.25, 0.3) is 0 Å². The molecular formula is C15H20O2. The minimum Gasteiger partial charge on any atom is -0.378 e. The van der Waals surface area contributed by atoms with Crippen molar-refractivity contribution in [3.63, 3.8) is 0 Å². The molecule has 1 fully saturated rings. The number of hydrogen-bond donors (Lipinski definition) is 0. The number of Topliss-reactive ketones (excluding diaryl/α,β-unsaturated/α-hetero) is 1. The van der Waals surface area contributed by atoms with E-state index in [2.05, 4.69) is 6.07 Å². The SMILES string of the molecule is COC1(CC(=O)c2ccc(C)cc2C)CCC1. The molecule has 92 valence electrons. The second-order valence-corrected chi connectivity index (χ2v) is 5.16. The molecule has 1 aromatic rings. The number of ether oxygens (including phenoxy) is 1. The van der Waals surface area contributed by atoms with E-state index in [0.29, 0.717) is 6.42 Å². The average Bonchev–Trinajstić information content (AvgIpc) is 2.23. The summed E-state index contributed by atoms with van der Waals surface area (Å²) in [5, 5.41) is 0. The van der Waals surface area contributed by atoms with Crippen LogP contribution in [0.4, 0.5) is 0 Å². The van der Waals surface area contributed by atoms with E-state index >= 15 is 0 Å². The van der Waals surface area contributed by atoms with Gasteiger partial charge in [0.05, 0.1) is 5.60 Å². The largest absolute Gasteiger partial charge is 0.378 e. The zero-order valence-corrected chi connectivity index (χ0v) is 10.9. The maximum absolute atomic E-state index is 12.3. The molecule has 2 heteroatoms. The van der Waals surface area contributed by atoms with Crippen LogP contribution in [0.1, 0.15) is 47.2 Å². The first-order chi connectivity index (χ1) is 8.06. The minimum atomic E-state index is -0.172. The average molecular weight is 232 g/mol. The van der Waals surface area contributed by atoms with Gasteiger partial charge in [0.1, 0.15) is 0 Å². The van der Waals surface area contributed by atoms with E-state index in [1.807, 2.05) is 26.0 Å². The summed E-state index contributed by atoms with van der Waals surface area (Å²) in [6.45, 7) is 4.05. The summed E-state index contributed by atoms with van der Waals surface area (Å²) in [7, 11) is 1.72. The molecule has 17 heavy (non-hydrogen) atoms. The molecule has 1 saturated carbocycles. The molecule has 0 amide bonds. The van der Waals surface area contributed by atoms with Crippen LogP contribution < -0.4 is 0 Å². The van der Waals surface area contributed by atoms with Crippen molar-refractivity contribution in [3.05, 3.63) is 34.9 Å². The van der Waals surface area contributed by atoms with Crippen molar-refractivity contribution in [2.75, 3.05) is 7.11 Å². The van der Waals surface area contributed by atoms with Crippen LogP contribution in [0.5, 0.6) is 0 Å². The van der Waals surface area contributed by atoms with Crippen molar-refractivity contribution >= 4 is 5.78 Å². The lowest BCUT2D eigenvalue weighted by Crippen LogP contribution is -2.41. The Morgan fingerprint density at radius 3 is 2.53 bits per heavy atom. The number of methoxy groups -OCH3 is 1. The first kappa shape index (κ1) is 12.3. The minimum absolute atomic E-state index is 0.172. The number of hydrogen-bond acceptors (Lipinski definition) is 2. The number of benzene rings is 1. The molecule has 0 unspecified atom stereocenters. The molecular weight excluding hydrogens is 212 g/mol. The molecule has 0 atom stereocenters. The summed E-state index contributed by atoms with van der Waals surface area (Å²) in [5.74, 6) is 0.212. The highest BCUT2D eigenvalue weighted by molar-refractivity contribution is 5.98. The summed E-state index contributed by atoms with van der Waals surface area (Å²) in [6.07, 6.45) is 3.72. The summed E-state index contributed by atoms with van der Waals surface area (Å²) in [6, 6.07) is 6.00. The highest BCUT2D eigenvalue weighted by Gasteiger charge is 2.39. The number of carbonyl (C=O) groups is 1. The van der Waals surface area contributed by atoms with Crippen LogP contribution >= 0.6 is 0 Å². The number of carbonyl (C=O) groups excluding carboxylic acids is 1. The fraction of sp³-hybridized carbons (Fsp3) is 0.533. The predicted octanol–water partition coefficient (Wildman–Crippen LogP) is 3.45. The molecule has 0 bridgehead atoms. The van der Waals surface area contributed by atoms with Crippen molar-refractivity contribution in [3.8, 4) is 0 Å². The Kier molecular flexibility index (Phi) is 3.34. The van der Waals surface area contributed by atoms with Gasteiger partial charge in [-0.2, -0.15) is 0 Å². The monoisotopic (exact) mass is 232 g/mol. The van der Waals surface area contributed by atoms with Gasteiger partial charge in [-0.1, -0.05) is 23.8 Å². The quantitative estimate of drug-likeness (QED) is 0.743. The van der Waals surface area contributed by atoms with Gasteiger partial charge in [-0.05, 0) is 38.7 Å². The zero-order chi connectivity index (χ0) is 12.5. The molecule has 2 nitrogen and oxygen atoms in total. The van der Waals surface area contributed by atoms with E-state index in [0.717, 1.165) is 24.0 Å². The normalized spacial score (nSPS) is 17.6. The van der Waals surface area contributed by atoms with Gasteiger partial charge < -0.3 is 4.74 Å². The Labute approximate surface area is 103 Å². The van der Waals surface area contributed by atoms with E-state index in [1.54, 1.807) is 7.11 Å². The van der Waals surface area contributed by atoms with Crippen LogP contribution in [-0.4, -0.2) is 18.5 Å². The van der Waals surface area contributed by atoms with Gasteiger partial charge in [-0.15, -0.1) is 0 Å². The van der Waals surface area contributed by atoms with Crippen LogP contribution in [0.25, 0.3) is 0 Å². The molecule has 0 radical (unpaired) electrons. The number of ketones is 1. The van der Waals surface area contributed by atoms with Crippen LogP contribution in [-0.2, 0) is 4.74 Å². The van der Waals surface area contributed by atoms with Crippen LogP contribution in [0, 0.1) is 13.8 Å². The second-order valence-electron chi connectivity index (χ2n) is 5.16. The van der Waals surface area contributed by atoms with Crippen LogP contribution in [0.15, 0.2) is 18.2 Å². The third-order valence-electron chi connectivity index (χ3n) is 3.86. The van der Waals surface area contributed by atoms with Crippen molar-refractivity contribution in [1.82, 2.24) is 0 Å². The zero-order valence-electron chi connectivity index (χ0n) is 10.9. The Bertz CT molecular complexity index is 425. The van der Waals surface area contributed by atoms with Crippen molar-refractivity contribution in [2.24, 2.45) is 0 Å². The molecule has 0 aliphatic heterocycles.